The number of halogens is 2. The average molecular weight is 695 g/mol. The second kappa shape index (κ2) is 14.0. The van der Waals surface area contributed by atoms with E-state index in [1.165, 1.54) is 0 Å². The number of hydrogen-bond donors (Lipinski definition) is 2. The number of phenolic OH excluding ortho intramolecular Hbond substituents is 2. The summed E-state index contributed by atoms with van der Waals surface area (Å²) in [4.78, 5) is 0. The Morgan fingerprint density at radius 3 is 1.12 bits per heavy atom. The van der Waals surface area contributed by atoms with Crippen molar-refractivity contribution in [1.82, 2.24) is 0 Å². The van der Waals surface area contributed by atoms with Gasteiger partial charge in [-0.3, -0.25) is 0 Å². The molecule has 4 nitrogen and oxygen atoms in total. The van der Waals surface area contributed by atoms with E-state index >= 15 is 0 Å². The Kier molecular flexibility index (Phi) is 10.2. The zero-order valence-electron chi connectivity index (χ0n) is 24.3. The molecule has 0 aromatic heterocycles. The number of ether oxygens (including phenoxy) is 2. The van der Waals surface area contributed by atoms with E-state index in [1.807, 2.05) is 36.4 Å². The van der Waals surface area contributed by atoms with E-state index in [0.29, 0.717) is 61.1 Å². The van der Waals surface area contributed by atoms with E-state index in [-0.39, 0.29) is 0 Å². The first-order valence-electron chi connectivity index (χ1n) is 14.7. The van der Waals surface area contributed by atoms with Crippen LogP contribution in [0, 0.1) is 0 Å². The van der Waals surface area contributed by atoms with Crippen molar-refractivity contribution >= 4 is 31.9 Å². The molecule has 0 saturated carbocycles. The first-order chi connectivity index (χ1) is 20.4. The Balaban J connectivity index is 1.76. The quantitative estimate of drug-likeness (QED) is 0.159. The summed E-state index contributed by atoms with van der Waals surface area (Å²) in [5, 5.41) is 24.6. The fraction of sp³-hybridized carbons (Fsp3) is 0.333. The van der Waals surface area contributed by atoms with E-state index in [2.05, 4.69) is 70.0 Å². The Morgan fingerprint density at radius 1 is 0.548 bits per heavy atom. The number of aromatic hydroxyl groups is 2. The lowest BCUT2D eigenvalue weighted by Crippen LogP contribution is -2.08. The topological polar surface area (TPSA) is 58.9 Å². The third-order valence-electron chi connectivity index (χ3n) is 7.74. The first-order valence-corrected chi connectivity index (χ1v) is 17.0. The van der Waals surface area contributed by atoms with Gasteiger partial charge >= 0.3 is 0 Å². The third-order valence-corrected chi connectivity index (χ3v) is 9.04. The smallest absolute Gasteiger partial charge is 0.126 e. The zero-order chi connectivity index (χ0) is 29.6. The van der Waals surface area contributed by atoms with Crippen molar-refractivity contribution in [3.8, 4) is 23.0 Å². The van der Waals surface area contributed by atoms with Gasteiger partial charge in [-0.1, -0.05) is 106 Å². The number of hydrogen-bond acceptors (Lipinski definition) is 4. The molecule has 1 aliphatic rings. The Morgan fingerprint density at radius 2 is 0.857 bits per heavy atom. The molecule has 0 atom stereocenters. The van der Waals surface area contributed by atoms with Crippen molar-refractivity contribution in [1.29, 1.82) is 0 Å². The van der Waals surface area contributed by atoms with Gasteiger partial charge in [0.15, 0.2) is 0 Å². The van der Waals surface area contributed by atoms with Crippen molar-refractivity contribution in [2.45, 2.75) is 63.0 Å². The zero-order valence-corrected chi connectivity index (χ0v) is 27.5. The van der Waals surface area contributed by atoms with Gasteiger partial charge in [0.05, 0.1) is 13.2 Å². The van der Waals surface area contributed by atoms with Crippen LogP contribution >= 0.6 is 31.9 Å². The highest BCUT2D eigenvalue weighted by atomic mass is 79.9. The minimum Gasteiger partial charge on any atom is -0.507 e. The number of phenols is 2. The standard InChI is InChI=1S/C36H38Br2O4/c1-3-11-41-35-29-13-23(21-37)14-30(35)18-26-8-6-10-28(34(26)40)20-32-16-24(22-38)15-31(36(32)42-12-4-2)19-27-9-5-7-25(17-29)33(27)39/h5-10,13-16,39-40H,3-4,11-12,17-22H2,1-2H3. The lowest BCUT2D eigenvalue weighted by atomic mass is 9.90. The van der Waals surface area contributed by atoms with E-state index in [9.17, 15) is 10.2 Å². The Bertz CT molecular complexity index is 1360. The Hall–Kier alpha value is -2.96. The predicted molar refractivity (Wildman–Crippen MR) is 177 cm³/mol. The minimum absolute atomic E-state index is 0.312. The van der Waals surface area contributed by atoms with Crippen molar-refractivity contribution in [2.24, 2.45) is 0 Å². The molecular formula is C36H38Br2O4. The van der Waals surface area contributed by atoms with E-state index in [0.717, 1.165) is 80.0 Å². The van der Waals surface area contributed by atoms with Gasteiger partial charge in [0.2, 0.25) is 0 Å². The van der Waals surface area contributed by atoms with Crippen LogP contribution in [-0.4, -0.2) is 23.4 Å². The van der Waals surface area contributed by atoms with Crippen LogP contribution in [0.4, 0.5) is 0 Å². The molecule has 8 bridgehead atoms. The Labute approximate surface area is 266 Å². The molecule has 0 fully saturated rings. The molecule has 0 spiro atoms. The average Bonchev–Trinajstić information content (AvgIpc) is 2.99. The molecule has 0 unspecified atom stereocenters. The highest BCUT2D eigenvalue weighted by Crippen LogP contribution is 2.39. The molecule has 42 heavy (non-hydrogen) atoms. The van der Waals surface area contributed by atoms with E-state index in [1.54, 1.807) is 0 Å². The lowest BCUT2D eigenvalue weighted by molar-refractivity contribution is 0.311. The molecule has 0 radical (unpaired) electrons. The molecule has 5 rings (SSSR count). The fourth-order valence-corrected chi connectivity index (χ4v) is 6.44. The number of alkyl halides is 2. The third kappa shape index (κ3) is 6.65. The summed E-state index contributed by atoms with van der Waals surface area (Å²) in [5.41, 5.74) is 9.81. The molecule has 220 valence electrons. The maximum atomic E-state index is 11.6. The highest BCUT2D eigenvalue weighted by molar-refractivity contribution is 9.08. The minimum atomic E-state index is 0.312. The highest BCUT2D eigenvalue weighted by Gasteiger charge is 2.21. The summed E-state index contributed by atoms with van der Waals surface area (Å²) in [5.74, 6) is 2.30. The summed E-state index contributed by atoms with van der Waals surface area (Å²) >= 11 is 7.31. The lowest BCUT2D eigenvalue weighted by Gasteiger charge is -2.21. The number of para-hydroxylation sites is 2. The van der Waals surface area contributed by atoms with Gasteiger partial charge in [-0.15, -0.1) is 0 Å². The van der Waals surface area contributed by atoms with Gasteiger partial charge < -0.3 is 19.7 Å². The van der Waals surface area contributed by atoms with Crippen molar-refractivity contribution in [3.05, 3.63) is 116 Å². The molecule has 4 aromatic rings. The molecule has 4 aromatic carbocycles. The second-order valence-electron chi connectivity index (χ2n) is 11.0. The molecule has 1 aliphatic carbocycles. The molecule has 0 saturated heterocycles. The fourth-order valence-electron chi connectivity index (χ4n) is 5.79. The maximum Gasteiger partial charge on any atom is 0.126 e. The van der Waals surface area contributed by atoms with Gasteiger partial charge in [0.25, 0.3) is 0 Å². The molecule has 2 N–H and O–H groups in total. The summed E-state index contributed by atoms with van der Waals surface area (Å²) in [7, 11) is 0. The van der Waals surface area contributed by atoms with Crippen LogP contribution in [0.25, 0.3) is 0 Å². The second-order valence-corrected chi connectivity index (χ2v) is 12.1. The predicted octanol–water partition coefficient (Wildman–Crippen LogP) is 9.14. The molecular weight excluding hydrogens is 656 g/mol. The van der Waals surface area contributed by atoms with E-state index in [4.69, 9.17) is 9.47 Å². The number of fused-ring (bicyclic) bond motifs is 8. The van der Waals surface area contributed by atoms with Gasteiger partial charge in [0.1, 0.15) is 23.0 Å². The van der Waals surface area contributed by atoms with Crippen molar-refractivity contribution < 1.29 is 19.7 Å². The maximum absolute atomic E-state index is 11.6. The molecule has 0 aliphatic heterocycles. The van der Waals surface area contributed by atoms with Crippen LogP contribution in [0.2, 0.25) is 0 Å². The first kappa shape index (κ1) is 30.5. The van der Waals surface area contributed by atoms with Crippen LogP contribution in [0.3, 0.4) is 0 Å². The van der Waals surface area contributed by atoms with Gasteiger partial charge in [-0.05, 0) is 68.5 Å². The normalized spacial score (nSPS) is 12.7. The summed E-state index contributed by atoms with van der Waals surface area (Å²) in [6.45, 7) is 5.39. The van der Waals surface area contributed by atoms with Crippen LogP contribution in [0.1, 0.15) is 82.3 Å². The molecule has 0 heterocycles. The number of benzene rings is 4. The van der Waals surface area contributed by atoms with Crippen LogP contribution in [0.15, 0.2) is 60.7 Å². The van der Waals surface area contributed by atoms with Gasteiger partial charge in [-0.2, -0.15) is 0 Å². The SMILES string of the molecule is CCCOc1c2cc(CBr)cc1Cc1cccc(c1O)Cc1cc(CBr)cc(c1OCCC)Cc1cccc(c1O)C2. The molecule has 0 amide bonds. The van der Waals surface area contributed by atoms with Crippen molar-refractivity contribution in [2.75, 3.05) is 13.2 Å². The van der Waals surface area contributed by atoms with Crippen LogP contribution in [0.5, 0.6) is 23.0 Å². The van der Waals surface area contributed by atoms with Crippen molar-refractivity contribution in [3.63, 3.8) is 0 Å². The van der Waals surface area contributed by atoms with Crippen LogP contribution < -0.4 is 9.47 Å². The summed E-state index contributed by atoms with van der Waals surface area (Å²) in [6, 6.07) is 20.7. The number of rotatable bonds is 8. The largest absolute Gasteiger partial charge is 0.507 e. The van der Waals surface area contributed by atoms with E-state index < -0.39 is 0 Å². The monoisotopic (exact) mass is 692 g/mol. The summed E-state index contributed by atoms with van der Waals surface area (Å²) in [6.07, 6.45) is 3.90. The van der Waals surface area contributed by atoms with Gasteiger partial charge in [-0.25, -0.2) is 0 Å². The van der Waals surface area contributed by atoms with Crippen LogP contribution in [-0.2, 0) is 36.3 Å². The molecule has 6 heteroatoms. The van der Waals surface area contributed by atoms with Gasteiger partial charge in [0, 0.05) is 36.3 Å². The summed E-state index contributed by atoms with van der Waals surface area (Å²) < 4.78 is 12.8.